The Bertz CT molecular complexity index is 996. The zero-order valence-electron chi connectivity index (χ0n) is 18.6. The van der Waals surface area contributed by atoms with E-state index in [2.05, 4.69) is 5.32 Å². The van der Waals surface area contributed by atoms with Gasteiger partial charge in [-0.15, -0.1) is 0 Å². The van der Waals surface area contributed by atoms with E-state index in [1.165, 1.54) is 32.4 Å². The van der Waals surface area contributed by atoms with Crippen LogP contribution in [0.1, 0.15) is 20.3 Å². The van der Waals surface area contributed by atoms with Crippen molar-refractivity contribution in [3.05, 3.63) is 47.5 Å². The molecule has 0 saturated carbocycles. The molecule has 2 aromatic rings. The van der Waals surface area contributed by atoms with Gasteiger partial charge in [-0.3, -0.25) is 9.10 Å². The number of nitrogens with zero attached hydrogens (tertiary/aromatic N) is 1. The lowest BCUT2D eigenvalue weighted by Gasteiger charge is -2.24. The van der Waals surface area contributed by atoms with Gasteiger partial charge in [0.25, 0.3) is 10.0 Å². The summed E-state index contributed by atoms with van der Waals surface area (Å²) in [4.78, 5) is 12.5. The molecule has 0 spiro atoms. The number of hydrogen-bond donors (Lipinski definition) is 1. The van der Waals surface area contributed by atoms with Crippen LogP contribution in [-0.4, -0.2) is 54.3 Å². The number of nitrogens with one attached hydrogen (secondary N) is 1. The smallest absolute Gasteiger partial charge is 0.264 e. The zero-order chi connectivity index (χ0) is 23.7. The van der Waals surface area contributed by atoms with Crippen molar-refractivity contribution < 1.29 is 27.4 Å². The maximum atomic E-state index is 13.5. The highest BCUT2D eigenvalue weighted by Crippen LogP contribution is 2.32. The first-order valence-corrected chi connectivity index (χ1v) is 11.9. The number of rotatable bonds is 12. The van der Waals surface area contributed by atoms with Gasteiger partial charge in [-0.2, -0.15) is 0 Å². The van der Waals surface area contributed by atoms with Crippen LogP contribution in [0.5, 0.6) is 11.5 Å². The molecule has 1 N–H and O–H groups in total. The highest BCUT2D eigenvalue weighted by molar-refractivity contribution is 7.92. The van der Waals surface area contributed by atoms with Crippen molar-refractivity contribution in [2.75, 3.05) is 38.2 Å². The third kappa shape index (κ3) is 7.01. The molecule has 176 valence electrons. The molecule has 0 aliphatic heterocycles. The van der Waals surface area contributed by atoms with Crippen LogP contribution in [0, 0.1) is 0 Å². The van der Waals surface area contributed by atoms with Crippen LogP contribution >= 0.6 is 11.6 Å². The van der Waals surface area contributed by atoms with Crippen molar-refractivity contribution in [2.24, 2.45) is 0 Å². The van der Waals surface area contributed by atoms with Crippen LogP contribution in [-0.2, 0) is 19.6 Å². The molecule has 0 aliphatic carbocycles. The normalized spacial score (nSPS) is 11.3. The summed E-state index contributed by atoms with van der Waals surface area (Å²) in [5, 5.41) is 3.19. The predicted octanol–water partition coefficient (Wildman–Crippen LogP) is 3.48. The fourth-order valence-corrected chi connectivity index (χ4v) is 4.39. The fourth-order valence-electron chi connectivity index (χ4n) is 2.83. The summed E-state index contributed by atoms with van der Waals surface area (Å²) in [6.07, 6.45) is 0.727. The van der Waals surface area contributed by atoms with Crippen LogP contribution in [0.4, 0.5) is 5.69 Å². The minimum Gasteiger partial charge on any atom is -0.493 e. The van der Waals surface area contributed by atoms with Crippen molar-refractivity contribution in [1.29, 1.82) is 0 Å². The van der Waals surface area contributed by atoms with E-state index in [0.717, 1.165) is 4.31 Å². The SMILES string of the molecule is COc1ccc(S(=O)(=O)N(CC(=O)NCCCOC(C)C)c2ccc(Cl)cc2)cc1OC. The van der Waals surface area contributed by atoms with Crippen LogP contribution in [0.3, 0.4) is 0 Å². The number of anilines is 1. The highest BCUT2D eigenvalue weighted by Gasteiger charge is 2.28. The Morgan fingerprint density at radius 3 is 2.31 bits per heavy atom. The van der Waals surface area contributed by atoms with E-state index in [-0.39, 0.29) is 16.7 Å². The van der Waals surface area contributed by atoms with Gasteiger partial charge in [0.15, 0.2) is 11.5 Å². The first kappa shape index (κ1) is 25.8. The molecule has 2 aromatic carbocycles. The number of ether oxygens (including phenoxy) is 3. The number of amides is 1. The molecule has 0 aromatic heterocycles. The highest BCUT2D eigenvalue weighted by atomic mass is 35.5. The van der Waals surface area contributed by atoms with E-state index < -0.39 is 22.5 Å². The molecule has 0 bridgehead atoms. The Labute approximate surface area is 194 Å². The molecule has 0 aliphatic rings. The number of carbonyl (C=O) groups excluding carboxylic acids is 1. The third-order valence-corrected chi connectivity index (χ3v) is 6.46. The van der Waals surface area contributed by atoms with Crippen molar-refractivity contribution in [2.45, 2.75) is 31.3 Å². The van der Waals surface area contributed by atoms with Gasteiger partial charge in [0.2, 0.25) is 5.91 Å². The van der Waals surface area contributed by atoms with Crippen molar-refractivity contribution in [1.82, 2.24) is 5.32 Å². The van der Waals surface area contributed by atoms with Gasteiger partial charge in [-0.1, -0.05) is 11.6 Å². The van der Waals surface area contributed by atoms with E-state index in [0.29, 0.717) is 36.0 Å². The molecule has 0 atom stereocenters. The molecular weight excluding hydrogens is 456 g/mol. The topological polar surface area (TPSA) is 94.2 Å². The quantitative estimate of drug-likeness (QED) is 0.463. The van der Waals surface area contributed by atoms with Crippen LogP contribution in [0.2, 0.25) is 5.02 Å². The average molecular weight is 485 g/mol. The second-order valence-corrected chi connectivity index (χ2v) is 9.43. The van der Waals surface area contributed by atoms with E-state index in [9.17, 15) is 13.2 Å². The molecule has 0 unspecified atom stereocenters. The maximum Gasteiger partial charge on any atom is 0.264 e. The van der Waals surface area contributed by atoms with E-state index in [4.69, 9.17) is 25.8 Å². The zero-order valence-corrected chi connectivity index (χ0v) is 20.2. The first-order valence-electron chi connectivity index (χ1n) is 10.1. The van der Waals surface area contributed by atoms with Gasteiger partial charge in [0.05, 0.1) is 30.9 Å². The molecule has 1 amide bonds. The standard InChI is InChI=1S/C22H29ClN2O6S/c1-16(2)31-13-5-12-24-22(26)15-25(18-8-6-17(23)7-9-18)32(27,28)19-10-11-20(29-3)21(14-19)30-4/h6-11,14,16H,5,12-13,15H2,1-4H3,(H,24,26). The van der Waals surface area contributed by atoms with Gasteiger partial charge >= 0.3 is 0 Å². The summed E-state index contributed by atoms with van der Waals surface area (Å²) in [6.45, 7) is 4.34. The summed E-state index contributed by atoms with van der Waals surface area (Å²) in [6, 6.07) is 10.5. The molecular formula is C22H29ClN2O6S. The summed E-state index contributed by atoms with van der Waals surface area (Å²) < 4.78 is 43.8. The van der Waals surface area contributed by atoms with Crippen LogP contribution in [0.15, 0.2) is 47.4 Å². The third-order valence-electron chi connectivity index (χ3n) is 4.44. The largest absolute Gasteiger partial charge is 0.493 e. The number of benzene rings is 2. The fraction of sp³-hybridized carbons (Fsp3) is 0.409. The molecule has 0 saturated heterocycles. The van der Waals surface area contributed by atoms with Gasteiger partial charge in [0, 0.05) is 24.2 Å². The Balaban J connectivity index is 2.27. The average Bonchev–Trinajstić information content (AvgIpc) is 2.77. The Kier molecular flexibility index (Phi) is 9.61. The summed E-state index contributed by atoms with van der Waals surface area (Å²) in [7, 11) is -1.22. The van der Waals surface area contributed by atoms with Crippen molar-refractivity contribution in [3.8, 4) is 11.5 Å². The van der Waals surface area contributed by atoms with Gasteiger partial charge < -0.3 is 19.5 Å². The Morgan fingerprint density at radius 1 is 1.06 bits per heavy atom. The summed E-state index contributed by atoms with van der Waals surface area (Å²) in [5.41, 5.74) is 0.308. The molecule has 10 heteroatoms. The lowest BCUT2D eigenvalue weighted by Crippen LogP contribution is -2.41. The van der Waals surface area contributed by atoms with E-state index >= 15 is 0 Å². The Morgan fingerprint density at radius 2 is 1.72 bits per heavy atom. The van der Waals surface area contributed by atoms with E-state index in [1.807, 2.05) is 13.8 Å². The molecule has 2 rings (SSSR count). The summed E-state index contributed by atoms with van der Waals surface area (Å²) in [5.74, 6) is 0.221. The number of sulfonamides is 1. The Hall–Kier alpha value is -2.49. The monoisotopic (exact) mass is 484 g/mol. The number of methoxy groups -OCH3 is 2. The lowest BCUT2D eigenvalue weighted by molar-refractivity contribution is -0.119. The molecule has 8 nitrogen and oxygen atoms in total. The number of hydrogen-bond acceptors (Lipinski definition) is 6. The second-order valence-electron chi connectivity index (χ2n) is 7.13. The minimum atomic E-state index is -4.10. The van der Waals surface area contributed by atoms with Crippen LogP contribution in [0.25, 0.3) is 0 Å². The number of halogens is 1. The maximum absolute atomic E-state index is 13.5. The predicted molar refractivity (Wildman–Crippen MR) is 124 cm³/mol. The van der Waals surface area contributed by atoms with Gasteiger partial charge in [0.1, 0.15) is 6.54 Å². The van der Waals surface area contributed by atoms with Crippen molar-refractivity contribution >= 4 is 33.2 Å². The lowest BCUT2D eigenvalue weighted by atomic mass is 10.3. The van der Waals surface area contributed by atoms with Gasteiger partial charge in [-0.25, -0.2) is 8.42 Å². The molecule has 32 heavy (non-hydrogen) atoms. The van der Waals surface area contributed by atoms with E-state index in [1.54, 1.807) is 24.3 Å². The summed E-state index contributed by atoms with van der Waals surface area (Å²) >= 11 is 5.96. The molecule has 0 fully saturated rings. The molecule has 0 radical (unpaired) electrons. The molecule has 0 heterocycles. The first-order chi connectivity index (χ1) is 15.2. The minimum absolute atomic E-state index is 0.0387. The van der Waals surface area contributed by atoms with Crippen molar-refractivity contribution in [3.63, 3.8) is 0 Å². The van der Waals surface area contributed by atoms with Gasteiger partial charge in [-0.05, 0) is 56.7 Å². The van der Waals surface area contributed by atoms with Crippen LogP contribution < -0.4 is 19.1 Å². The number of carbonyl (C=O) groups is 1. The second kappa shape index (κ2) is 11.9.